The van der Waals surface area contributed by atoms with Gasteiger partial charge < -0.3 is 14.4 Å². The smallest absolute Gasteiger partial charge is 0.257 e. The monoisotopic (exact) mass is 403 g/mol. The summed E-state index contributed by atoms with van der Waals surface area (Å²) in [5.41, 5.74) is 3.58. The molecule has 3 aromatic carbocycles. The molecule has 0 fully saturated rings. The van der Waals surface area contributed by atoms with Gasteiger partial charge in [0.2, 0.25) is 0 Å². The van der Waals surface area contributed by atoms with E-state index in [0.29, 0.717) is 43.4 Å². The molecule has 4 nitrogen and oxygen atoms in total. The maximum Gasteiger partial charge on any atom is 0.257 e. The van der Waals surface area contributed by atoms with Crippen molar-refractivity contribution in [1.82, 2.24) is 4.90 Å². The van der Waals surface area contributed by atoms with Crippen molar-refractivity contribution in [2.45, 2.75) is 34.0 Å². The van der Waals surface area contributed by atoms with Crippen molar-refractivity contribution in [3.8, 4) is 11.5 Å². The van der Waals surface area contributed by atoms with Gasteiger partial charge in [0.1, 0.15) is 24.7 Å². The van der Waals surface area contributed by atoms with E-state index in [0.717, 1.165) is 16.7 Å². The Bertz CT molecular complexity index is 951. The molecule has 3 aromatic rings. The summed E-state index contributed by atoms with van der Waals surface area (Å²) in [5, 5.41) is 0. The van der Waals surface area contributed by atoms with Crippen LogP contribution in [-0.2, 0) is 13.2 Å². The maximum atomic E-state index is 13.2. The fourth-order valence-corrected chi connectivity index (χ4v) is 3.34. The van der Waals surface area contributed by atoms with Gasteiger partial charge in [-0.3, -0.25) is 4.79 Å². The third-order valence-electron chi connectivity index (χ3n) is 5.02. The molecule has 30 heavy (non-hydrogen) atoms. The average molecular weight is 404 g/mol. The van der Waals surface area contributed by atoms with Crippen molar-refractivity contribution >= 4 is 5.91 Å². The Kier molecular flexibility index (Phi) is 7.50. The second kappa shape index (κ2) is 10.5. The lowest BCUT2D eigenvalue weighted by Gasteiger charge is -2.22. The van der Waals surface area contributed by atoms with Gasteiger partial charge in [-0.2, -0.15) is 0 Å². The van der Waals surface area contributed by atoms with Gasteiger partial charge in [0.15, 0.2) is 0 Å². The standard InChI is InChI=1S/C26H29NO3/c1-4-27(5-2)26(28)25-20(3)16-23(29-18-21-12-8-6-9-13-21)17-24(25)30-19-22-14-10-7-11-15-22/h6-17H,4-5,18-19H2,1-3H3. The summed E-state index contributed by atoms with van der Waals surface area (Å²) in [7, 11) is 0. The molecule has 0 bridgehead atoms. The van der Waals surface area contributed by atoms with Gasteiger partial charge in [-0.15, -0.1) is 0 Å². The number of carbonyl (C=O) groups is 1. The number of aryl methyl sites for hydroxylation is 1. The van der Waals surface area contributed by atoms with Crippen LogP contribution in [0.2, 0.25) is 0 Å². The molecule has 0 aromatic heterocycles. The number of ether oxygens (including phenoxy) is 2. The normalized spacial score (nSPS) is 10.5. The molecule has 0 spiro atoms. The lowest BCUT2D eigenvalue weighted by molar-refractivity contribution is 0.0767. The van der Waals surface area contributed by atoms with Crippen molar-refractivity contribution in [3.63, 3.8) is 0 Å². The Morgan fingerprint density at radius 3 is 1.87 bits per heavy atom. The highest BCUT2D eigenvalue weighted by Crippen LogP contribution is 2.31. The van der Waals surface area contributed by atoms with Crippen LogP contribution in [0.4, 0.5) is 0 Å². The topological polar surface area (TPSA) is 38.8 Å². The van der Waals surface area contributed by atoms with Crippen LogP contribution in [0.5, 0.6) is 11.5 Å². The summed E-state index contributed by atoms with van der Waals surface area (Å²) >= 11 is 0. The fourth-order valence-electron chi connectivity index (χ4n) is 3.34. The number of benzene rings is 3. The molecular weight excluding hydrogens is 374 g/mol. The van der Waals surface area contributed by atoms with Crippen LogP contribution in [-0.4, -0.2) is 23.9 Å². The zero-order valence-corrected chi connectivity index (χ0v) is 17.9. The second-order valence-corrected chi connectivity index (χ2v) is 7.14. The highest BCUT2D eigenvalue weighted by atomic mass is 16.5. The minimum atomic E-state index is -0.0184. The Morgan fingerprint density at radius 2 is 1.33 bits per heavy atom. The third kappa shape index (κ3) is 5.41. The summed E-state index contributed by atoms with van der Waals surface area (Å²) in [6.45, 7) is 8.06. The lowest BCUT2D eigenvalue weighted by atomic mass is 10.1. The van der Waals surface area contributed by atoms with Gasteiger partial charge in [-0.1, -0.05) is 60.7 Å². The van der Waals surface area contributed by atoms with Gasteiger partial charge in [-0.05, 0) is 43.5 Å². The van der Waals surface area contributed by atoms with Crippen LogP contribution in [0, 0.1) is 6.92 Å². The molecule has 0 aliphatic rings. The van der Waals surface area contributed by atoms with Crippen molar-refractivity contribution in [2.75, 3.05) is 13.1 Å². The Balaban J connectivity index is 1.88. The molecule has 0 aliphatic carbocycles. The van der Waals surface area contributed by atoms with Crippen molar-refractivity contribution in [3.05, 3.63) is 95.1 Å². The summed E-state index contributed by atoms with van der Waals surface area (Å²) in [5.74, 6) is 1.23. The van der Waals surface area contributed by atoms with Crippen LogP contribution in [0.1, 0.15) is 40.9 Å². The third-order valence-corrected chi connectivity index (χ3v) is 5.02. The Labute approximate surface area is 179 Å². The summed E-state index contributed by atoms with van der Waals surface area (Å²) in [6.07, 6.45) is 0. The molecule has 0 saturated carbocycles. The van der Waals surface area contributed by atoms with Crippen LogP contribution >= 0.6 is 0 Å². The van der Waals surface area contributed by atoms with Gasteiger partial charge in [0, 0.05) is 19.2 Å². The highest BCUT2D eigenvalue weighted by molar-refractivity contribution is 5.98. The minimum absolute atomic E-state index is 0.0184. The molecular formula is C26H29NO3. The highest BCUT2D eigenvalue weighted by Gasteiger charge is 2.21. The predicted octanol–water partition coefficient (Wildman–Crippen LogP) is 5.64. The first-order valence-electron chi connectivity index (χ1n) is 10.4. The van der Waals surface area contributed by atoms with E-state index in [-0.39, 0.29) is 5.91 Å². The summed E-state index contributed by atoms with van der Waals surface area (Å²) in [4.78, 5) is 15.0. The van der Waals surface area contributed by atoms with Gasteiger partial charge >= 0.3 is 0 Å². The van der Waals surface area contributed by atoms with Crippen LogP contribution in [0.25, 0.3) is 0 Å². The minimum Gasteiger partial charge on any atom is -0.489 e. The molecule has 156 valence electrons. The summed E-state index contributed by atoms with van der Waals surface area (Å²) in [6, 6.07) is 23.7. The van der Waals surface area contributed by atoms with Crippen LogP contribution in [0.15, 0.2) is 72.8 Å². The van der Waals surface area contributed by atoms with E-state index < -0.39 is 0 Å². The van der Waals surface area contributed by atoms with Gasteiger partial charge in [0.05, 0.1) is 5.56 Å². The molecule has 0 unspecified atom stereocenters. The Morgan fingerprint density at radius 1 is 0.800 bits per heavy atom. The molecule has 1 amide bonds. The SMILES string of the molecule is CCN(CC)C(=O)c1c(C)cc(OCc2ccccc2)cc1OCc1ccccc1. The van der Waals surface area contributed by atoms with E-state index in [4.69, 9.17) is 9.47 Å². The van der Waals surface area contributed by atoms with Crippen LogP contribution < -0.4 is 9.47 Å². The van der Waals surface area contributed by atoms with Gasteiger partial charge in [0.25, 0.3) is 5.91 Å². The van der Waals surface area contributed by atoms with E-state index >= 15 is 0 Å². The van der Waals surface area contributed by atoms with Crippen molar-refractivity contribution in [1.29, 1.82) is 0 Å². The molecule has 0 atom stereocenters. The number of rotatable bonds is 9. The van der Waals surface area contributed by atoms with E-state index in [1.54, 1.807) is 0 Å². The largest absolute Gasteiger partial charge is 0.489 e. The predicted molar refractivity (Wildman–Crippen MR) is 120 cm³/mol. The number of nitrogens with zero attached hydrogens (tertiary/aromatic N) is 1. The van der Waals surface area contributed by atoms with Crippen molar-refractivity contribution in [2.24, 2.45) is 0 Å². The van der Waals surface area contributed by atoms with Crippen molar-refractivity contribution < 1.29 is 14.3 Å². The van der Waals surface area contributed by atoms with E-state index in [9.17, 15) is 4.79 Å². The zero-order valence-electron chi connectivity index (χ0n) is 17.9. The molecule has 0 heterocycles. The summed E-state index contributed by atoms with van der Waals surface area (Å²) < 4.78 is 12.1. The number of carbonyl (C=O) groups excluding carboxylic acids is 1. The van der Waals surface area contributed by atoms with Crippen LogP contribution in [0.3, 0.4) is 0 Å². The Hall–Kier alpha value is -3.27. The average Bonchev–Trinajstić information content (AvgIpc) is 2.78. The molecule has 0 N–H and O–H groups in total. The molecule has 4 heteroatoms. The van der Waals surface area contributed by atoms with E-state index in [1.807, 2.05) is 98.5 Å². The lowest BCUT2D eigenvalue weighted by Crippen LogP contribution is -2.31. The van der Waals surface area contributed by atoms with E-state index in [2.05, 4.69) is 0 Å². The number of hydrogen-bond donors (Lipinski definition) is 0. The number of hydrogen-bond acceptors (Lipinski definition) is 3. The molecule has 0 radical (unpaired) electrons. The first-order valence-corrected chi connectivity index (χ1v) is 10.4. The fraction of sp³-hybridized carbons (Fsp3) is 0.269. The zero-order chi connectivity index (χ0) is 21.3. The molecule has 3 rings (SSSR count). The first-order chi connectivity index (χ1) is 14.6. The second-order valence-electron chi connectivity index (χ2n) is 7.14. The number of amides is 1. The molecule has 0 aliphatic heterocycles. The first kappa shape index (κ1) is 21.4. The maximum absolute atomic E-state index is 13.2. The van der Waals surface area contributed by atoms with E-state index in [1.165, 1.54) is 0 Å². The van der Waals surface area contributed by atoms with Gasteiger partial charge in [-0.25, -0.2) is 0 Å². The molecule has 0 saturated heterocycles. The quantitative estimate of drug-likeness (QED) is 0.464.